The maximum Gasteiger partial charge on any atom is 0.109 e. The van der Waals surface area contributed by atoms with Gasteiger partial charge in [0.25, 0.3) is 0 Å². The van der Waals surface area contributed by atoms with Crippen LogP contribution in [0.4, 0.5) is 0 Å². The molecular formula is C36H36Si. The van der Waals surface area contributed by atoms with Crippen molar-refractivity contribution in [3.8, 4) is 22.3 Å². The van der Waals surface area contributed by atoms with Gasteiger partial charge in [0.05, 0.1) is 0 Å². The van der Waals surface area contributed by atoms with Crippen molar-refractivity contribution < 1.29 is 0 Å². The average Bonchev–Trinajstić information content (AvgIpc) is 3.56. The highest BCUT2D eigenvalue weighted by molar-refractivity contribution is 6.94. The molecule has 0 N–H and O–H groups in total. The largest absolute Gasteiger partial charge is 0.109 e. The molecule has 0 aromatic heterocycles. The smallest absolute Gasteiger partial charge is 0.0709 e. The third-order valence-corrected chi connectivity index (χ3v) is 14.6. The van der Waals surface area contributed by atoms with Crippen LogP contribution in [0, 0.1) is 13.8 Å². The maximum absolute atomic E-state index is 2.61. The topological polar surface area (TPSA) is 0 Å². The summed E-state index contributed by atoms with van der Waals surface area (Å²) in [6.07, 6.45) is 7.45. The van der Waals surface area contributed by atoms with Crippen molar-refractivity contribution in [1.82, 2.24) is 0 Å². The van der Waals surface area contributed by atoms with Crippen LogP contribution in [0.5, 0.6) is 0 Å². The zero-order valence-electron chi connectivity index (χ0n) is 22.6. The number of hydrogen-bond acceptors (Lipinski definition) is 0. The SMILES string of the molecule is CC[Si](CC)(C1=Cc2c(cccc2-c2ccccc2C)C1)C1=Cc2c(cccc2-c2ccccc2C)C1. The molecule has 0 bridgehead atoms. The van der Waals surface area contributed by atoms with Crippen molar-refractivity contribution in [1.29, 1.82) is 0 Å². The van der Waals surface area contributed by atoms with Crippen LogP contribution in [0.15, 0.2) is 95.3 Å². The first-order chi connectivity index (χ1) is 18.1. The molecule has 0 unspecified atom stereocenters. The number of hydrogen-bond donors (Lipinski definition) is 0. The van der Waals surface area contributed by atoms with Gasteiger partial charge in [-0.1, -0.05) is 133 Å². The summed E-state index contributed by atoms with van der Waals surface area (Å²) in [7, 11) is -1.83. The number of rotatable bonds is 6. The summed E-state index contributed by atoms with van der Waals surface area (Å²) < 4.78 is 0. The minimum atomic E-state index is -1.83. The van der Waals surface area contributed by atoms with Gasteiger partial charge in [-0.15, -0.1) is 0 Å². The van der Waals surface area contributed by atoms with Gasteiger partial charge in [0.15, 0.2) is 0 Å². The quantitative estimate of drug-likeness (QED) is 0.233. The lowest BCUT2D eigenvalue weighted by molar-refractivity contribution is 1.15. The molecule has 0 nitrogen and oxygen atoms in total. The summed E-state index contributed by atoms with van der Waals surface area (Å²) in [5.74, 6) is 0. The van der Waals surface area contributed by atoms with Gasteiger partial charge < -0.3 is 0 Å². The fourth-order valence-corrected chi connectivity index (χ4v) is 11.6. The zero-order valence-corrected chi connectivity index (χ0v) is 23.6. The van der Waals surface area contributed by atoms with E-state index < -0.39 is 8.07 Å². The van der Waals surface area contributed by atoms with Gasteiger partial charge in [-0.25, -0.2) is 0 Å². The monoisotopic (exact) mass is 496 g/mol. The number of benzene rings is 4. The van der Waals surface area contributed by atoms with Crippen molar-refractivity contribution in [3.63, 3.8) is 0 Å². The van der Waals surface area contributed by atoms with Crippen LogP contribution >= 0.6 is 0 Å². The molecule has 0 heterocycles. The second kappa shape index (κ2) is 9.47. The second-order valence-corrected chi connectivity index (χ2v) is 15.7. The number of aryl methyl sites for hydroxylation is 2. The van der Waals surface area contributed by atoms with Crippen LogP contribution in [-0.2, 0) is 12.8 Å². The third kappa shape index (κ3) is 3.88. The minimum absolute atomic E-state index is 1.11. The van der Waals surface area contributed by atoms with Gasteiger partial charge >= 0.3 is 0 Å². The summed E-state index contributed by atoms with van der Waals surface area (Å²) >= 11 is 0. The highest BCUT2D eigenvalue weighted by Crippen LogP contribution is 2.46. The Labute approximate surface area is 223 Å². The third-order valence-electron chi connectivity index (χ3n) is 9.10. The van der Waals surface area contributed by atoms with E-state index in [2.05, 4.69) is 125 Å². The molecule has 0 saturated heterocycles. The average molecular weight is 497 g/mol. The van der Waals surface area contributed by atoms with Gasteiger partial charge in [0, 0.05) is 0 Å². The van der Waals surface area contributed by atoms with E-state index in [1.807, 2.05) is 0 Å². The maximum atomic E-state index is 2.61. The molecule has 184 valence electrons. The lowest BCUT2D eigenvalue weighted by atomic mass is 9.94. The van der Waals surface area contributed by atoms with E-state index in [0.717, 1.165) is 12.8 Å². The molecule has 1 heteroatoms. The summed E-state index contributed by atoms with van der Waals surface area (Å²) in [5.41, 5.74) is 14.2. The van der Waals surface area contributed by atoms with E-state index in [1.165, 1.54) is 67.7 Å². The van der Waals surface area contributed by atoms with Gasteiger partial charge in [-0.3, -0.25) is 0 Å². The first kappa shape index (κ1) is 23.9. The van der Waals surface area contributed by atoms with Crippen molar-refractivity contribution >= 4 is 20.2 Å². The molecule has 4 aromatic rings. The molecule has 0 aliphatic heterocycles. The highest BCUT2D eigenvalue weighted by atomic mass is 28.3. The summed E-state index contributed by atoms with van der Waals surface area (Å²) in [4.78, 5) is 0. The molecule has 0 saturated carbocycles. The van der Waals surface area contributed by atoms with E-state index in [4.69, 9.17) is 0 Å². The van der Waals surface area contributed by atoms with Crippen molar-refractivity contribution in [3.05, 3.63) is 129 Å². The van der Waals surface area contributed by atoms with Gasteiger partial charge in [0.1, 0.15) is 8.07 Å². The van der Waals surface area contributed by atoms with E-state index in [-0.39, 0.29) is 0 Å². The molecule has 0 amide bonds. The Balaban J connectivity index is 1.45. The second-order valence-electron chi connectivity index (χ2n) is 10.9. The van der Waals surface area contributed by atoms with Crippen molar-refractivity contribution in [2.45, 2.75) is 52.6 Å². The fraction of sp³-hybridized carbons (Fsp3) is 0.222. The van der Waals surface area contributed by atoms with Gasteiger partial charge in [-0.2, -0.15) is 0 Å². The Morgan fingerprint density at radius 1 is 0.514 bits per heavy atom. The normalized spacial score (nSPS) is 14.3. The first-order valence-corrected chi connectivity index (χ1v) is 16.2. The van der Waals surface area contributed by atoms with Crippen molar-refractivity contribution in [2.24, 2.45) is 0 Å². The summed E-state index contributed by atoms with van der Waals surface area (Å²) in [6.45, 7) is 9.37. The molecule has 6 rings (SSSR count). The van der Waals surface area contributed by atoms with Crippen LogP contribution in [-0.4, -0.2) is 8.07 Å². The molecule has 0 fully saturated rings. The van der Waals surface area contributed by atoms with Crippen LogP contribution in [0.25, 0.3) is 34.4 Å². The Hall–Kier alpha value is -3.42. The fourth-order valence-electron chi connectivity index (χ4n) is 6.94. The minimum Gasteiger partial charge on any atom is -0.0709 e. The van der Waals surface area contributed by atoms with E-state index in [0.29, 0.717) is 0 Å². The standard InChI is InChI=1S/C36H36Si/c1-5-37(6-2,29-21-27-15-11-19-33(35(27)23-29)31-17-9-7-13-25(31)3)30-22-28-16-12-20-34(36(28)24-30)32-18-10-8-14-26(32)4/h7-20,23-24H,5-6,21-22H2,1-4H3. The predicted molar refractivity (Wildman–Crippen MR) is 163 cm³/mol. The lowest BCUT2D eigenvalue weighted by Crippen LogP contribution is -2.39. The summed E-state index contributed by atoms with van der Waals surface area (Å²) in [5, 5.41) is 3.45. The van der Waals surface area contributed by atoms with E-state index >= 15 is 0 Å². The Bertz CT molecular complexity index is 1450. The van der Waals surface area contributed by atoms with E-state index in [9.17, 15) is 0 Å². The zero-order chi connectivity index (χ0) is 25.6. The van der Waals surface area contributed by atoms with Gasteiger partial charge in [0.2, 0.25) is 0 Å². The molecule has 0 spiro atoms. The van der Waals surface area contributed by atoms with Crippen LogP contribution < -0.4 is 0 Å². The van der Waals surface area contributed by atoms with Crippen LogP contribution in [0.2, 0.25) is 12.1 Å². The molecule has 37 heavy (non-hydrogen) atoms. The van der Waals surface area contributed by atoms with Crippen molar-refractivity contribution in [2.75, 3.05) is 0 Å². The number of fused-ring (bicyclic) bond motifs is 2. The molecule has 0 atom stereocenters. The van der Waals surface area contributed by atoms with Crippen LogP contribution in [0.3, 0.4) is 0 Å². The molecule has 4 aromatic carbocycles. The molecule has 2 aliphatic carbocycles. The number of allylic oxidation sites excluding steroid dienone is 2. The Morgan fingerprint density at radius 3 is 1.32 bits per heavy atom. The van der Waals surface area contributed by atoms with Crippen LogP contribution in [0.1, 0.15) is 47.2 Å². The lowest BCUT2D eigenvalue weighted by Gasteiger charge is -2.33. The first-order valence-electron chi connectivity index (χ1n) is 13.8. The van der Waals surface area contributed by atoms with Gasteiger partial charge in [-0.05, 0) is 82.3 Å². The Morgan fingerprint density at radius 2 is 0.919 bits per heavy atom. The summed E-state index contributed by atoms with van der Waals surface area (Å²) in [6, 6.07) is 34.1. The molecule has 0 radical (unpaired) electrons. The molecule has 2 aliphatic rings. The highest BCUT2D eigenvalue weighted by Gasteiger charge is 2.41. The Kier molecular flexibility index (Phi) is 6.13. The predicted octanol–water partition coefficient (Wildman–Crippen LogP) is 9.78. The van der Waals surface area contributed by atoms with E-state index in [1.54, 1.807) is 10.4 Å². The molecular weight excluding hydrogens is 460 g/mol.